The topological polar surface area (TPSA) is 431 Å². The van der Waals surface area contributed by atoms with E-state index in [1.807, 2.05) is 0 Å². The summed E-state index contributed by atoms with van der Waals surface area (Å²) >= 11 is 9.45. The zero-order chi connectivity index (χ0) is 57.0. The Labute approximate surface area is 562 Å². The number of rotatable bonds is 13. The fourth-order valence-electron chi connectivity index (χ4n) is 4.08. The van der Waals surface area contributed by atoms with Gasteiger partial charge >= 0.3 is 116 Å². The number of ether oxygens (including phenoxy) is 10. The number of methoxy groups -OCH3 is 9. The molecular weight excluding hydrogens is 1310 g/mol. The number of carbonyl (C=O) groups excluding carboxylic acids is 6. The number of carboxylic acids is 1. The second kappa shape index (κ2) is 62.8. The summed E-state index contributed by atoms with van der Waals surface area (Å²) < 4.78 is 48.2. The normalized spacial score (nSPS) is 9.26. The third-order valence-electron chi connectivity index (χ3n) is 7.65. The summed E-state index contributed by atoms with van der Waals surface area (Å²) in [6.07, 6.45) is 16.7. The Bertz CT molecular complexity index is 2320. The molecule has 0 amide bonds. The molecule has 30 nitrogen and oxygen atoms in total. The van der Waals surface area contributed by atoms with E-state index < -0.39 is 35.8 Å². The van der Waals surface area contributed by atoms with Crippen molar-refractivity contribution in [2.24, 2.45) is 0 Å². The first-order valence-corrected chi connectivity index (χ1v) is 23.1. The number of carboxylic acid groups (broad SMARTS) is 1. The fourth-order valence-corrected chi connectivity index (χ4v) is 4.69. The van der Waals surface area contributed by atoms with E-state index in [0.717, 1.165) is 29.5 Å². The monoisotopic (exact) mass is 1360 g/mol. The minimum Gasteiger partial charge on any atom is -1.00 e. The molecule has 5 aromatic rings. The van der Waals surface area contributed by atoms with Crippen LogP contribution in [0.1, 0.15) is 42.3 Å². The molecule has 0 unspecified atom stereocenters. The number of halogens is 4. The van der Waals surface area contributed by atoms with Gasteiger partial charge in [-0.2, -0.15) is 7.11 Å². The molecular formula is C44H58Br3ClLi3N10NaO20. The zero-order valence-electron chi connectivity index (χ0n) is 47.6. The molecule has 0 spiro atoms. The van der Waals surface area contributed by atoms with E-state index in [2.05, 4.69) is 121 Å². The van der Waals surface area contributed by atoms with Crippen LogP contribution < -0.4 is 128 Å². The summed E-state index contributed by atoms with van der Waals surface area (Å²) in [6, 6.07) is 0. The smallest absolute Gasteiger partial charge is 1.00 e. The fraction of sp³-hybridized carbons (Fsp3) is 0.409. The Morgan fingerprint density at radius 2 is 0.805 bits per heavy atom. The molecule has 0 aromatic carbocycles. The van der Waals surface area contributed by atoms with Crippen molar-refractivity contribution in [2.75, 3.05) is 84.3 Å². The van der Waals surface area contributed by atoms with Crippen LogP contribution in [0.15, 0.2) is 75.8 Å². The van der Waals surface area contributed by atoms with Crippen LogP contribution in [0.3, 0.4) is 0 Å². The molecule has 38 heteroatoms. The molecule has 6 rings (SSSR count). The second-order valence-electron chi connectivity index (χ2n) is 12.6. The molecule has 5 aromatic heterocycles. The quantitative estimate of drug-likeness (QED) is 0.0457. The van der Waals surface area contributed by atoms with Crippen LogP contribution in [-0.4, -0.2) is 181 Å². The SMILES string of the molecule is Brc1cnc(Br)cn1.C1CCOC1.COC(=O)C(C(=O)OC)c1cnc(OC)cn1.COC(=O)CC(=O)OC.COC(=O)Cc1cnc(OC)cn1.COc1cnc(Br)cn1.COc1cnc(CC(=O)[O-])cn1.C[O-].O.[Cl-].[Li+].[Li+].[Li+].[Na+].[OH-]. The first-order valence-electron chi connectivity index (χ1n) is 20.7. The van der Waals surface area contributed by atoms with E-state index in [9.17, 15) is 33.9 Å². The van der Waals surface area contributed by atoms with Crippen molar-refractivity contribution in [3.63, 3.8) is 0 Å². The molecule has 0 saturated carbocycles. The molecule has 3 N–H and O–H groups in total. The van der Waals surface area contributed by atoms with Gasteiger partial charge in [-0.05, 0) is 60.6 Å². The van der Waals surface area contributed by atoms with E-state index in [4.69, 9.17) is 28.8 Å². The maximum atomic E-state index is 11.4. The van der Waals surface area contributed by atoms with E-state index >= 15 is 0 Å². The van der Waals surface area contributed by atoms with E-state index in [1.54, 1.807) is 31.9 Å². The van der Waals surface area contributed by atoms with Crippen LogP contribution in [0.2, 0.25) is 0 Å². The Morgan fingerprint density at radius 3 is 1.05 bits per heavy atom. The predicted molar refractivity (Wildman–Crippen MR) is 271 cm³/mol. The van der Waals surface area contributed by atoms with Gasteiger partial charge in [-0.1, -0.05) is 0 Å². The molecule has 1 fully saturated rings. The van der Waals surface area contributed by atoms with E-state index in [1.165, 1.54) is 107 Å². The number of esters is 5. The molecule has 82 heavy (non-hydrogen) atoms. The molecule has 1 saturated heterocycles. The van der Waals surface area contributed by atoms with Gasteiger partial charge in [-0.3, -0.25) is 38.9 Å². The van der Waals surface area contributed by atoms with Crippen molar-refractivity contribution < 1.29 is 196 Å². The minimum atomic E-state index is -1.23. The summed E-state index contributed by atoms with van der Waals surface area (Å²) in [5.41, 5.74) is 1.06. The second-order valence-corrected chi connectivity index (χ2v) is 15.0. The predicted octanol–water partition coefficient (Wildman–Crippen LogP) is -14.3. The number of aliphatic carboxylic acids is 1. The third kappa shape index (κ3) is 49.2. The average Bonchev–Trinajstić information content (AvgIpc) is 4.05. The summed E-state index contributed by atoms with van der Waals surface area (Å²) in [4.78, 5) is 103. The summed E-state index contributed by atoms with van der Waals surface area (Å²) in [5, 5.41) is 18.4. The average molecular weight is 1370 g/mol. The molecule has 0 atom stereocenters. The number of carbonyl (C=O) groups is 6. The van der Waals surface area contributed by atoms with Crippen LogP contribution in [0.5, 0.6) is 23.5 Å². The standard InChI is InChI=1S/C10H12N2O5.C8H10N2O3.C7H8N2O3.C5H5BrN2O.C5H8O4.C4H2Br2N2.C4H8O.CH3O.ClH.3Li.Na.2H2O/c1-15-7-5-11-6(4-12-7)8(9(13)16-2)10(14)17-3;1-12-7-5-9-6(4-10-7)3-8(11)13-2;1-12-6-4-8-5(3-9-6)2-7(10)11;1-9-5-3-7-4(6)2-8-5;1-8-4(6)3-5(7)9-2;5-3-1-7-4(6)2-8-3;1-2-4-5-3-1;1-2;;;;;;;/h4-5,8H,1-3H3;4-5H,3H2,1-2H3;3-4H,2H2,1H3,(H,10,11);2-3H,1H3;3H2,1-2H3;1-2H;1-4H2;1H3;1H;;;;;2*1H2/q;;;;;;;-1;;4*+1;;/p-3. The van der Waals surface area contributed by atoms with E-state index in [-0.39, 0.29) is 146 Å². The van der Waals surface area contributed by atoms with Crippen LogP contribution in [0, 0.1) is 0 Å². The van der Waals surface area contributed by atoms with Crippen molar-refractivity contribution in [1.82, 2.24) is 49.8 Å². The number of hydrogen-bond acceptors (Lipinski definition) is 29. The van der Waals surface area contributed by atoms with Crippen molar-refractivity contribution in [1.29, 1.82) is 0 Å². The molecule has 0 radical (unpaired) electrons. The van der Waals surface area contributed by atoms with Crippen molar-refractivity contribution in [3.8, 4) is 23.5 Å². The van der Waals surface area contributed by atoms with Crippen molar-refractivity contribution >= 4 is 83.6 Å². The maximum absolute atomic E-state index is 11.4. The van der Waals surface area contributed by atoms with Crippen molar-refractivity contribution in [3.05, 3.63) is 92.9 Å². The van der Waals surface area contributed by atoms with Gasteiger partial charge in [-0.25, -0.2) is 34.9 Å². The van der Waals surface area contributed by atoms with Crippen LogP contribution in [0.4, 0.5) is 0 Å². The van der Waals surface area contributed by atoms with Gasteiger partial charge in [0.2, 0.25) is 23.5 Å². The van der Waals surface area contributed by atoms with Gasteiger partial charge < -0.3 is 85.7 Å². The largest absolute Gasteiger partial charge is 1.00 e. The maximum Gasteiger partial charge on any atom is 1.00 e. The summed E-state index contributed by atoms with van der Waals surface area (Å²) in [7, 11) is 12.8. The zero-order valence-corrected chi connectivity index (χ0v) is 55.1. The number of hydrogen-bond donors (Lipinski definition) is 0. The molecule has 6 heterocycles. The third-order valence-corrected chi connectivity index (χ3v) is 8.88. The Balaban J connectivity index is -0.000000108. The molecule has 1 aliphatic rings. The van der Waals surface area contributed by atoms with E-state index in [0.29, 0.717) is 33.6 Å². The number of nitrogens with zero attached hydrogens (tertiary/aromatic N) is 10. The minimum absolute atomic E-state index is 0. The van der Waals surface area contributed by atoms with Crippen LogP contribution >= 0.6 is 47.8 Å². The van der Waals surface area contributed by atoms with Crippen LogP contribution in [-0.2, 0) is 70.0 Å². The Hall–Kier alpha value is -4.22. The summed E-state index contributed by atoms with van der Waals surface area (Å²) in [5.74, 6) is -3.82. The van der Waals surface area contributed by atoms with Crippen LogP contribution in [0.25, 0.3) is 0 Å². The van der Waals surface area contributed by atoms with Gasteiger partial charge in [0.1, 0.15) is 20.2 Å². The first-order chi connectivity index (χ1) is 35.9. The molecule has 0 bridgehead atoms. The van der Waals surface area contributed by atoms with Gasteiger partial charge in [-0.15, -0.1) is 0 Å². The Kier molecular flexibility index (Phi) is 74.3. The molecule has 0 aliphatic carbocycles. The van der Waals surface area contributed by atoms with Gasteiger partial charge in [0, 0.05) is 25.6 Å². The van der Waals surface area contributed by atoms with Gasteiger partial charge in [0.15, 0.2) is 5.92 Å². The first kappa shape index (κ1) is 96.9. The van der Waals surface area contributed by atoms with Crippen molar-refractivity contribution in [2.45, 2.75) is 38.0 Å². The molecule has 436 valence electrons. The number of aromatic nitrogens is 10. The van der Waals surface area contributed by atoms with Gasteiger partial charge in [0.05, 0.1) is 149 Å². The Morgan fingerprint density at radius 1 is 0.488 bits per heavy atom. The molecule has 1 aliphatic heterocycles. The summed E-state index contributed by atoms with van der Waals surface area (Å²) in [6.45, 7) is 2.00. The van der Waals surface area contributed by atoms with Gasteiger partial charge in [0.25, 0.3) is 0 Å².